The predicted octanol–water partition coefficient (Wildman–Crippen LogP) is 5.21. The molecule has 0 amide bonds. The summed E-state index contributed by atoms with van der Waals surface area (Å²) < 4.78 is 6.37. The van der Waals surface area contributed by atoms with E-state index in [0.717, 1.165) is 33.8 Å². The highest BCUT2D eigenvalue weighted by molar-refractivity contribution is 9.10. The van der Waals surface area contributed by atoms with Crippen LogP contribution >= 0.6 is 27.5 Å². The van der Waals surface area contributed by atoms with Gasteiger partial charge in [-0.1, -0.05) is 23.7 Å². The summed E-state index contributed by atoms with van der Waals surface area (Å²) >= 11 is 9.48. The highest BCUT2D eigenvalue weighted by Crippen LogP contribution is 2.38. The molecule has 2 nitrogen and oxygen atoms in total. The topological polar surface area (TPSA) is 21.3 Å². The minimum atomic E-state index is 0.325. The molecule has 104 valence electrons. The first-order chi connectivity index (χ1) is 9.67. The lowest BCUT2D eigenvalue weighted by atomic mass is 9.93. The zero-order chi connectivity index (χ0) is 14.1. The van der Waals surface area contributed by atoms with Gasteiger partial charge < -0.3 is 10.1 Å². The fraction of sp³-hybridized carbons (Fsp3) is 0.250. The van der Waals surface area contributed by atoms with E-state index in [1.54, 1.807) is 7.11 Å². The van der Waals surface area contributed by atoms with Gasteiger partial charge in [-0.15, -0.1) is 0 Å². The molecule has 1 aliphatic rings. The van der Waals surface area contributed by atoms with Crippen molar-refractivity contribution in [3.63, 3.8) is 0 Å². The molecule has 0 aliphatic carbocycles. The van der Waals surface area contributed by atoms with Crippen molar-refractivity contribution < 1.29 is 4.74 Å². The Morgan fingerprint density at radius 3 is 2.70 bits per heavy atom. The number of anilines is 1. The number of aryl methyl sites for hydroxylation is 1. The van der Waals surface area contributed by atoms with Crippen molar-refractivity contribution in [3.8, 4) is 5.75 Å². The summed E-state index contributed by atoms with van der Waals surface area (Å²) in [6, 6.07) is 12.6. The van der Waals surface area contributed by atoms with Gasteiger partial charge in [0.05, 0.1) is 17.6 Å². The number of hydrogen-bond acceptors (Lipinski definition) is 2. The number of fused-ring (bicyclic) bond motifs is 1. The van der Waals surface area contributed by atoms with Gasteiger partial charge in [0.2, 0.25) is 0 Å². The maximum absolute atomic E-state index is 5.95. The summed E-state index contributed by atoms with van der Waals surface area (Å²) in [5.74, 6) is 0.855. The fourth-order valence-corrected chi connectivity index (χ4v) is 3.28. The monoisotopic (exact) mass is 351 g/mol. The molecule has 0 bridgehead atoms. The Balaban J connectivity index is 1.89. The van der Waals surface area contributed by atoms with E-state index in [-0.39, 0.29) is 0 Å². The van der Waals surface area contributed by atoms with E-state index in [2.05, 4.69) is 45.5 Å². The Kier molecular flexibility index (Phi) is 3.90. The normalized spacial score (nSPS) is 17.2. The van der Waals surface area contributed by atoms with Gasteiger partial charge in [-0.3, -0.25) is 0 Å². The molecule has 2 aromatic carbocycles. The summed E-state index contributed by atoms with van der Waals surface area (Å²) in [7, 11) is 1.69. The molecule has 20 heavy (non-hydrogen) atoms. The Labute approximate surface area is 132 Å². The highest BCUT2D eigenvalue weighted by atomic mass is 79.9. The van der Waals surface area contributed by atoms with Gasteiger partial charge in [-0.05, 0) is 58.1 Å². The molecule has 3 rings (SSSR count). The summed E-state index contributed by atoms with van der Waals surface area (Å²) in [6.07, 6.45) is 2.13. The molecule has 1 heterocycles. The van der Waals surface area contributed by atoms with E-state index in [9.17, 15) is 0 Å². The lowest BCUT2D eigenvalue weighted by Gasteiger charge is -2.28. The Morgan fingerprint density at radius 2 is 2.00 bits per heavy atom. The molecule has 4 heteroatoms. The van der Waals surface area contributed by atoms with Crippen molar-refractivity contribution in [2.75, 3.05) is 12.4 Å². The molecule has 1 N–H and O–H groups in total. The SMILES string of the molecule is COc1cc2c(cc1Br)CCC(c1ccc(Cl)cc1)N2. The van der Waals surface area contributed by atoms with E-state index < -0.39 is 0 Å². The highest BCUT2D eigenvalue weighted by Gasteiger charge is 2.20. The van der Waals surface area contributed by atoms with Crippen LogP contribution in [0.1, 0.15) is 23.6 Å². The standard InChI is InChI=1S/C16H15BrClNO/c1-20-16-9-15-11(8-13(16)17)4-7-14(19-15)10-2-5-12(18)6-3-10/h2-3,5-6,8-9,14,19H,4,7H2,1H3. The molecule has 0 saturated carbocycles. The molecule has 0 spiro atoms. The number of methoxy groups -OCH3 is 1. The minimum Gasteiger partial charge on any atom is -0.495 e. The number of hydrogen-bond donors (Lipinski definition) is 1. The fourth-order valence-electron chi connectivity index (χ4n) is 2.60. The second-order valence-electron chi connectivity index (χ2n) is 4.93. The van der Waals surface area contributed by atoms with Crippen LogP contribution in [0.3, 0.4) is 0 Å². The summed E-state index contributed by atoms with van der Waals surface area (Å²) in [5.41, 5.74) is 3.74. The first-order valence-electron chi connectivity index (χ1n) is 6.56. The van der Waals surface area contributed by atoms with Crippen LogP contribution in [0.2, 0.25) is 5.02 Å². The lowest BCUT2D eigenvalue weighted by molar-refractivity contribution is 0.412. The third kappa shape index (κ3) is 2.65. The van der Waals surface area contributed by atoms with E-state index >= 15 is 0 Å². The van der Waals surface area contributed by atoms with Crippen molar-refractivity contribution in [3.05, 3.63) is 57.0 Å². The maximum atomic E-state index is 5.95. The van der Waals surface area contributed by atoms with Crippen LogP contribution < -0.4 is 10.1 Å². The van der Waals surface area contributed by atoms with Crippen molar-refractivity contribution in [1.82, 2.24) is 0 Å². The first-order valence-corrected chi connectivity index (χ1v) is 7.73. The van der Waals surface area contributed by atoms with Crippen LogP contribution in [0, 0.1) is 0 Å². The molecule has 0 fully saturated rings. The lowest BCUT2D eigenvalue weighted by Crippen LogP contribution is -2.18. The summed E-state index contributed by atoms with van der Waals surface area (Å²) in [5, 5.41) is 4.36. The van der Waals surface area contributed by atoms with E-state index in [4.69, 9.17) is 16.3 Å². The summed E-state index contributed by atoms with van der Waals surface area (Å²) in [4.78, 5) is 0. The number of rotatable bonds is 2. The third-order valence-electron chi connectivity index (χ3n) is 3.68. The van der Waals surface area contributed by atoms with Crippen molar-refractivity contribution >= 4 is 33.2 Å². The average Bonchev–Trinajstić information content (AvgIpc) is 2.47. The number of nitrogens with one attached hydrogen (secondary N) is 1. The van der Waals surface area contributed by atoms with Gasteiger partial charge >= 0.3 is 0 Å². The van der Waals surface area contributed by atoms with Crippen LogP contribution in [0.4, 0.5) is 5.69 Å². The second kappa shape index (κ2) is 5.66. The Morgan fingerprint density at radius 1 is 1.25 bits per heavy atom. The smallest absolute Gasteiger partial charge is 0.135 e. The predicted molar refractivity (Wildman–Crippen MR) is 86.8 cm³/mol. The zero-order valence-electron chi connectivity index (χ0n) is 11.1. The van der Waals surface area contributed by atoms with Crippen LogP contribution in [0.15, 0.2) is 40.9 Å². The quantitative estimate of drug-likeness (QED) is 0.801. The van der Waals surface area contributed by atoms with Gasteiger partial charge in [0.15, 0.2) is 0 Å². The Hall–Kier alpha value is -1.19. The van der Waals surface area contributed by atoms with Gasteiger partial charge in [-0.25, -0.2) is 0 Å². The average molecular weight is 353 g/mol. The van der Waals surface area contributed by atoms with E-state index in [1.807, 2.05) is 12.1 Å². The molecule has 2 aromatic rings. The maximum Gasteiger partial charge on any atom is 0.135 e. The van der Waals surface area contributed by atoms with Crippen molar-refractivity contribution in [2.45, 2.75) is 18.9 Å². The van der Waals surface area contributed by atoms with E-state index in [1.165, 1.54) is 11.1 Å². The molecular weight excluding hydrogens is 338 g/mol. The first kappa shape index (κ1) is 13.8. The van der Waals surface area contributed by atoms with Gasteiger partial charge in [-0.2, -0.15) is 0 Å². The molecule has 1 atom stereocenters. The van der Waals surface area contributed by atoms with Gasteiger partial charge in [0, 0.05) is 16.8 Å². The number of ether oxygens (including phenoxy) is 1. The molecule has 1 aliphatic heterocycles. The molecular formula is C16H15BrClNO. The molecule has 0 radical (unpaired) electrons. The van der Waals surface area contributed by atoms with Gasteiger partial charge in [0.1, 0.15) is 5.75 Å². The molecule has 1 unspecified atom stereocenters. The van der Waals surface area contributed by atoms with E-state index in [0.29, 0.717) is 6.04 Å². The van der Waals surface area contributed by atoms with Gasteiger partial charge in [0.25, 0.3) is 0 Å². The Bertz CT molecular complexity index is 627. The molecule has 0 saturated heterocycles. The molecule has 0 aromatic heterocycles. The van der Waals surface area contributed by atoms with Crippen LogP contribution in [0.5, 0.6) is 5.75 Å². The van der Waals surface area contributed by atoms with Crippen LogP contribution in [-0.2, 0) is 6.42 Å². The number of halogens is 2. The van der Waals surface area contributed by atoms with Crippen LogP contribution in [0.25, 0.3) is 0 Å². The minimum absolute atomic E-state index is 0.325. The summed E-state index contributed by atoms with van der Waals surface area (Å²) in [6.45, 7) is 0. The largest absolute Gasteiger partial charge is 0.495 e. The van der Waals surface area contributed by atoms with Crippen molar-refractivity contribution in [2.24, 2.45) is 0 Å². The number of benzene rings is 2. The van der Waals surface area contributed by atoms with Crippen LogP contribution in [-0.4, -0.2) is 7.11 Å². The second-order valence-corrected chi connectivity index (χ2v) is 6.22. The third-order valence-corrected chi connectivity index (χ3v) is 4.55. The zero-order valence-corrected chi connectivity index (χ0v) is 13.5. The van der Waals surface area contributed by atoms with Crippen molar-refractivity contribution in [1.29, 1.82) is 0 Å².